The van der Waals surface area contributed by atoms with E-state index in [1.165, 1.54) is 0 Å². The van der Waals surface area contributed by atoms with E-state index in [0.717, 1.165) is 11.3 Å². The van der Waals surface area contributed by atoms with Gasteiger partial charge in [-0.1, -0.05) is 18.2 Å². The molecule has 0 bridgehead atoms. The van der Waals surface area contributed by atoms with Gasteiger partial charge in [-0.2, -0.15) is 0 Å². The Kier molecular flexibility index (Phi) is 2.97. The van der Waals surface area contributed by atoms with E-state index in [-0.39, 0.29) is 0 Å². The molecule has 2 N–H and O–H groups in total. The minimum atomic E-state index is -0.402. The van der Waals surface area contributed by atoms with Crippen LogP contribution in [-0.4, -0.2) is 12.9 Å². The van der Waals surface area contributed by atoms with Crippen LogP contribution < -0.4 is 10.5 Å². The minimum Gasteiger partial charge on any atom is -0.496 e. The summed E-state index contributed by atoms with van der Waals surface area (Å²) in [5.74, 6) is 1.13. The fourth-order valence-corrected chi connectivity index (χ4v) is 2.30. The molecule has 3 heteroatoms. The van der Waals surface area contributed by atoms with Gasteiger partial charge in [0.2, 0.25) is 0 Å². The first-order chi connectivity index (χ1) is 7.65. The fraction of sp³-hybridized carbons (Fsp3) is 0.462. The van der Waals surface area contributed by atoms with Gasteiger partial charge in [-0.15, -0.1) is 0 Å². The normalized spacial score (nSPS) is 19.5. The van der Waals surface area contributed by atoms with Crippen LogP contribution in [-0.2, 0) is 10.3 Å². The molecule has 0 unspecified atom stereocenters. The van der Waals surface area contributed by atoms with E-state index in [2.05, 4.69) is 0 Å². The average molecular weight is 219 g/mol. The summed E-state index contributed by atoms with van der Waals surface area (Å²) >= 11 is 0. The lowest BCUT2D eigenvalue weighted by molar-refractivity contribution is -0.121. The maximum absolute atomic E-state index is 11.2. The zero-order valence-corrected chi connectivity index (χ0v) is 9.53. The molecule has 1 aliphatic rings. The van der Waals surface area contributed by atoms with E-state index in [1.807, 2.05) is 24.3 Å². The standard InChI is InChI=1S/C13H17NO2/c1-16-12-5-3-2-4-11(12)13(14)8-6-10(15)7-9-13/h2-5H,6-9,14H2,1H3. The van der Waals surface area contributed by atoms with Gasteiger partial charge in [0.15, 0.2) is 0 Å². The Morgan fingerprint density at radius 1 is 1.25 bits per heavy atom. The number of carbonyl (C=O) groups excluding carboxylic acids is 1. The second-order valence-electron chi connectivity index (χ2n) is 4.40. The van der Waals surface area contributed by atoms with Crippen LogP contribution in [0.15, 0.2) is 24.3 Å². The molecule has 1 fully saturated rings. The van der Waals surface area contributed by atoms with E-state index in [0.29, 0.717) is 31.5 Å². The third kappa shape index (κ3) is 1.95. The largest absolute Gasteiger partial charge is 0.496 e. The molecular weight excluding hydrogens is 202 g/mol. The lowest BCUT2D eigenvalue weighted by atomic mass is 9.76. The third-order valence-corrected chi connectivity index (χ3v) is 3.34. The molecule has 3 nitrogen and oxygen atoms in total. The van der Waals surface area contributed by atoms with Gasteiger partial charge < -0.3 is 10.5 Å². The van der Waals surface area contributed by atoms with Crippen LogP contribution in [0.5, 0.6) is 5.75 Å². The highest BCUT2D eigenvalue weighted by Crippen LogP contribution is 2.37. The highest BCUT2D eigenvalue weighted by atomic mass is 16.5. The van der Waals surface area contributed by atoms with E-state index >= 15 is 0 Å². The molecule has 1 saturated carbocycles. The number of Topliss-reactive ketones (excluding diaryl/α,β-unsaturated/α-hetero) is 1. The van der Waals surface area contributed by atoms with Crippen LogP contribution in [0, 0.1) is 0 Å². The average Bonchev–Trinajstić information content (AvgIpc) is 2.33. The zero-order valence-electron chi connectivity index (χ0n) is 9.53. The van der Waals surface area contributed by atoms with Crippen molar-refractivity contribution in [2.75, 3.05) is 7.11 Å². The van der Waals surface area contributed by atoms with Gasteiger partial charge in [0.1, 0.15) is 11.5 Å². The van der Waals surface area contributed by atoms with Crippen molar-refractivity contribution in [2.45, 2.75) is 31.2 Å². The number of nitrogens with two attached hydrogens (primary N) is 1. The van der Waals surface area contributed by atoms with Gasteiger partial charge >= 0.3 is 0 Å². The van der Waals surface area contributed by atoms with Crippen LogP contribution >= 0.6 is 0 Å². The molecule has 0 heterocycles. The Hall–Kier alpha value is -1.35. The number of para-hydroxylation sites is 1. The van der Waals surface area contributed by atoms with Crippen molar-refractivity contribution in [3.05, 3.63) is 29.8 Å². The molecule has 2 rings (SSSR count). The number of ketones is 1. The van der Waals surface area contributed by atoms with Gasteiger partial charge in [0.05, 0.1) is 7.11 Å². The maximum atomic E-state index is 11.2. The lowest BCUT2D eigenvalue weighted by Crippen LogP contribution is -2.40. The van der Waals surface area contributed by atoms with E-state index in [4.69, 9.17) is 10.5 Å². The van der Waals surface area contributed by atoms with E-state index in [1.54, 1.807) is 7.11 Å². The fourth-order valence-electron chi connectivity index (χ4n) is 2.30. The Bertz CT molecular complexity index is 391. The topological polar surface area (TPSA) is 52.3 Å². The molecular formula is C13H17NO2. The first-order valence-corrected chi connectivity index (χ1v) is 5.60. The van der Waals surface area contributed by atoms with E-state index < -0.39 is 5.54 Å². The Morgan fingerprint density at radius 3 is 2.50 bits per heavy atom. The van der Waals surface area contributed by atoms with Crippen LogP contribution in [0.3, 0.4) is 0 Å². The molecule has 0 spiro atoms. The van der Waals surface area contributed by atoms with Crippen molar-refractivity contribution < 1.29 is 9.53 Å². The van der Waals surface area contributed by atoms with Crippen molar-refractivity contribution in [1.29, 1.82) is 0 Å². The second-order valence-corrected chi connectivity index (χ2v) is 4.40. The van der Waals surface area contributed by atoms with Crippen molar-refractivity contribution >= 4 is 5.78 Å². The Labute approximate surface area is 95.6 Å². The predicted octanol–water partition coefficient (Wildman–Crippen LogP) is 1.99. The zero-order chi connectivity index (χ0) is 11.6. The summed E-state index contributed by atoms with van der Waals surface area (Å²) in [6.07, 6.45) is 2.58. The van der Waals surface area contributed by atoms with Crippen LogP contribution in [0.2, 0.25) is 0 Å². The number of methoxy groups -OCH3 is 1. The molecule has 1 aromatic rings. The molecule has 0 amide bonds. The third-order valence-electron chi connectivity index (χ3n) is 3.34. The molecule has 16 heavy (non-hydrogen) atoms. The van der Waals surface area contributed by atoms with Gasteiger partial charge in [-0.25, -0.2) is 0 Å². The Morgan fingerprint density at radius 2 is 1.88 bits per heavy atom. The van der Waals surface area contributed by atoms with Crippen molar-refractivity contribution in [1.82, 2.24) is 0 Å². The first-order valence-electron chi connectivity index (χ1n) is 5.60. The molecule has 0 aromatic heterocycles. The number of hydrogen-bond donors (Lipinski definition) is 1. The van der Waals surface area contributed by atoms with Gasteiger partial charge in [0.25, 0.3) is 0 Å². The summed E-state index contributed by atoms with van der Waals surface area (Å²) in [5.41, 5.74) is 7.00. The minimum absolute atomic E-state index is 0.316. The molecule has 86 valence electrons. The summed E-state index contributed by atoms with van der Waals surface area (Å²) in [7, 11) is 1.65. The quantitative estimate of drug-likeness (QED) is 0.827. The molecule has 1 aromatic carbocycles. The maximum Gasteiger partial charge on any atom is 0.133 e. The van der Waals surface area contributed by atoms with Crippen molar-refractivity contribution in [3.8, 4) is 5.75 Å². The van der Waals surface area contributed by atoms with Gasteiger partial charge in [-0.05, 0) is 18.9 Å². The Balaban J connectivity index is 2.32. The van der Waals surface area contributed by atoms with Crippen LogP contribution in [0.1, 0.15) is 31.2 Å². The van der Waals surface area contributed by atoms with Crippen molar-refractivity contribution in [3.63, 3.8) is 0 Å². The number of carbonyl (C=O) groups is 1. The summed E-state index contributed by atoms with van der Waals surface area (Å²) < 4.78 is 5.33. The van der Waals surface area contributed by atoms with Gasteiger partial charge in [-0.3, -0.25) is 4.79 Å². The van der Waals surface area contributed by atoms with Crippen LogP contribution in [0.4, 0.5) is 0 Å². The highest BCUT2D eigenvalue weighted by molar-refractivity contribution is 5.79. The molecule has 0 aliphatic heterocycles. The van der Waals surface area contributed by atoms with E-state index in [9.17, 15) is 4.79 Å². The second kappa shape index (κ2) is 4.26. The smallest absolute Gasteiger partial charge is 0.133 e. The summed E-state index contributed by atoms with van der Waals surface area (Å²) in [4.78, 5) is 11.2. The SMILES string of the molecule is COc1ccccc1C1(N)CCC(=O)CC1. The monoisotopic (exact) mass is 219 g/mol. The number of hydrogen-bond acceptors (Lipinski definition) is 3. The number of benzene rings is 1. The van der Waals surface area contributed by atoms with Crippen molar-refractivity contribution in [2.24, 2.45) is 5.73 Å². The molecule has 1 aliphatic carbocycles. The number of rotatable bonds is 2. The summed E-state index contributed by atoms with van der Waals surface area (Å²) in [5, 5.41) is 0. The van der Waals surface area contributed by atoms with Crippen LogP contribution in [0.25, 0.3) is 0 Å². The molecule has 0 radical (unpaired) electrons. The molecule has 0 saturated heterocycles. The summed E-state index contributed by atoms with van der Waals surface area (Å²) in [6, 6.07) is 7.80. The highest BCUT2D eigenvalue weighted by Gasteiger charge is 2.34. The predicted molar refractivity (Wildman–Crippen MR) is 62.3 cm³/mol. The van der Waals surface area contributed by atoms with Gasteiger partial charge in [0, 0.05) is 23.9 Å². The summed E-state index contributed by atoms with van der Waals surface area (Å²) in [6.45, 7) is 0. The first kappa shape index (κ1) is 11.1. The lowest BCUT2D eigenvalue weighted by Gasteiger charge is -2.34. The number of ether oxygens (including phenoxy) is 1. The molecule has 0 atom stereocenters.